The van der Waals surface area contributed by atoms with Crippen molar-refractivity contribution in [3.63, 3.8) is 0 Å². The fourth-order valence-corrected chi connectivity index (χ4v) is 3.08. The van der Waals surface area contributed by atoms with Crippen molar-refractivity contribution in [1.29, 1.82) is 0 Å². The number of aromatic nitrogens is 2. The molecule has 122 valence electrons. The van der Waals surface area contributed by atoms with Gasteiger partial charge in [-0.2, -0.15) is 5.10 Å². The van der Waals surface area contributed by atoms with Gasteiger partial charge in [-0.25, -0.2) is 4.68 Å². The van der Waals surface area contributed by atoms with Crippen LogP contribution in [0.5, 0.6) is 0 Å². The topological polar surface area (TPSA) is 46.9 Å². The minimum atomic E-state index is -0.290. The summed E-state index contributed by atoms with van der Waals surface area (Å²) in [7, 11) is 0. The van der Waals surface area contributed by atoms with E-state index in [2.05, 4.69) is 10.4 Å². The molecule has 0 bridgehead atoms. The van der Waals surface area contributed by atoms with Crippen LogP contribution in [0, 0.1) is 13.8 Å². The van der Waals surface area contributed by atoms with Crippen molar-refractivity contribution >= 4 is 34.8 Å². The Hall–Kier alpha value is -2.30. The molecule has 6 heteroatoms. The van der Waals surface area contributed by atoms with Crippen LogP contribution in [-0.4, -0.2) is 15.7 Å². The van der Waals surface area contributed by atoms with Crippen LogP contribution in [0.3, 0.4) is 0 Å². The van der Waals surface area contributed by atoms with Crippen LogP contribution in [0.2, 0.25) is 10.0 Å². The van der Waals surface area contributed by atoms with Gasteiger partial charge in [-0.1, -0.05) is 47.5 Å². The SMILES string of the molecule is Cc1nn(-c2ccccc2)c(C)c1C(=O)Nc1c(Cl)cccc1Cl. The van der Waals surface area contributed by atoms with Gasteiger partial charge in [0.1, 0.15) is 0 Å². The number of hydrogen-bond acceptors (Lipinski definition) is 2. The van der Waals surface area contributed by atoms with Crippen LogP contribution in [0.1, 0.15) is 21.7 Å². The van der Waals surface area contributed by atoms with E-state index < -0.39 is 0 Å². The molecule has 1 amide bonds. The third kappa shape index (κ3) is 3.03. The molecular weight excluding hydrogens is 345 g/mol. The molecule has 0 unspecified atom stereocenters. The van der Waals surface area contributed by atoms with Crippen molar-refractivity contribution in [3.8, 4) is 5.69 Å². The number of benzene rings is 2. The fraction of sp³-hybridized carbons (Fsp3) is 0.111. The average Bonchev–Trinajstić information content (AvgIpc) is 2.86. The maximum Gasteiger partial charge on any atom is 0.259 e. The van der Waals surface area contributed by atoms with Crippen LogP contribution in [0.25, 0.3) is 5.69 Å². The van der Waals surface area contributed by atoms with Crippen LogP contribution in [0.15, 0.2) is 48.5 Å². The highest BCUT2D eigenvalue weighted by Gasteiger charge is 2.21. The van der Waals surface area contributed by atoms with Gasteiger partial charge >= 0.3 is 0 Å². The highest BCUT2D eigenvalue weighted by Crippen LogP contribution is 2.30. The monoisotopic (exact) mass is 359 g/mol. The predicted molar refractivity (Wildman–Crippen MR) is 97.5 cm³/mol. The molecule has 2 aromatic carbocycles. The first-order valence-corrected chi connectivity index (χ1v) is 8.11. The van der Waals surface area contributed by atoms with Crippen molar-refractivity contribution < 1.29 is 4.79 Å². The molecule has 0 spiro atoms. The molecule has 3 aromatic rings. The van der Waals surface area contributed by atoms with Crippen molar-refractivity contribution in [2.24, 2.45) is 0 Å². The Balaban J connectivity index is 1.98. The Bertz CT molecular complexity index is 884. The van der Waals surface area contributed by atoms with Gasteiger partial charge in [0.25, 0.3) is 5.91 Å². The van der Waals surface area contributed by atoms with Crippen LogP contribution < -0.4 is 5.32 Å². The van der Waals surface area contributed by atoms with Crippen LogP contribution in [0.4, 0.5) is 5.69 Å². The van der Waals surface area contributed by atoms with Gasteiger partial charge < -0.3 is 5.32 Å². The third-order valence-corrected chi connectivity index (χ3v) is 4.35. The number of amides is 1. The normalized spacial score (nSPS) is 10.7. The van der Waals surface area contributed by atoms with Crippen molar-refractivity contribution in [2.75, 3.05) is 5.32 Å². The van der Waals surface area contributed by atoms with E-state index in [0.717, 1.165) is 11.4 Å². The van der Waals surface area contributed by atoms with Gasteiger partial charge in [0.2, 0.25) is 0 Å². The zero-order valence-electron chi connectivity index (χ0n) is 13.2. The van der Waals surface area contributed by atoms with Crippen molar-refractivity contribution in [1.82, 2.24) is 9.78 Å². The number of nitrogens with zero attached hydrogens (tertiary/aromatic N) is 2. The van der Waals surface area contributed by atoms with Crippen LogP contribution in [-0.2, 0) is 0 Å². The highest BCUT2D eigenvalue weighted by molar-refractivity contribution is 6.40. The predicted octanol–water partition coefficient (Wildman–Crippen LogP) is 5.05. The van der Waals surface area contributed by atoms with E-state index in [1.165, 1.54) is 0 Å². The van der Waals surface area contributed by atoms with Gasteiger partial charge in [0.05, 0.1) is 38.4 Å². The van der Waals surface area contributed by atoms with E-state index >= 15 is 0 Å². The summed E-state index contributed by atoms with van der Waals surface area (Å²) in [6, 6.07) is 14.7. The Labute approximate surface area is 150 Å². The minimum Gasteiger partial charge on any atom is -0.319 e. The van der Waals surface area contributed by atoms with E-state index in [1.807, 2.05) is 37.3 Å². The van der Waals surface area contributed by atoms with E-state index in [4.69, 9.17) is 23.2 Å². The molecule has 0 radical (unpaired) electrons. The molecule has 0 fully saturated rings. The first kappa shape index (κ1) is 16.6. The standard InChI is InChI=1S/C18H15Cl2N3O/c1-11-16(12(2)23(22-11)13-7-4-3-5-8-13)18(24)21-17-14(19)9-6-10-15(17)20/h3-10H,1-2H3,(H,21,24). The fourth-order valence-electron chi connectivity index (χ4n) is 2.59. The summed E-state index contributed by atoms with van der Waals surface area (Å²) in [5.74, 6) is -0.290. The van der Waals surface area contributed by atoms with E-state index in [1.54, 1.807) is 29.8 Å². The molecule has 1 heterocycles. The summed E-state index contributed by atoms with van der Waals surface area (Å²) < 4.78 is 1.75. The molecule has 1 N–H and O–H groups in total. The lowest BCUT2D eigenvalue weighted by Gasteiger charge is -2.09. The zero-order chi connectivity index (χ0) is 17.3. The highest BCUT2D eigenvalue weighted by atomic mass is 35.5. The van der Waals surface area contributed by atoms with Gasteiger partial charge in [-0.15, -0.1) is 0 Å². The lowest BCUT2D eigenvalue weighted by atomic mass is 10.1. The Morgan fingerprint density at radius 3 is 2.25 bits per heavy atom. The van der Waals surface area contributed by atoms with Crippen molar-refractivity contribution in [3.05, 3.63) is 75.5 Å². The van der Waals surface area contributed by atoms with E-state index in [0.29, 0.717) is 27.0 Å². The molecule has 4 nitrogen and oxygen atoms in total. The van der Waals surface area contributed by atoms with Crippen molar-refractivity contribution in [2.45, 2.75) is 13.8 Å². The lowest BCUT2D eigenvalue weighted by molar-refractivity contribution is 0.102. The minimum absolute atomic E-state index is 0.290. The summed E-state index contributed by atoms with van der Waals surface area (Å²) in [4.78, 5) is 12.7. The lowest BCUT2D eigenvalue weighted by Crippen LogP contribution is -2.14. The first-order valence-electron chi connectivity index (χ1n) is 7.36. The number of nitrogens with one attached hydrogen (secondary N) is 1. The Kier molecular flexibility index (Phi) is 4.60. The summed E-state index contributed by atoms with van der Waals surface area (Å²) in [5, 5.41) is 8.04. The van der Waals surface area contributed by atoms with Crippen LogP contribution >= 0.6 is 23.2 Å². The molecule has 0 saturated carbocycles. The molecule has 0 atom stereocenters. The first-order chi connectivity index (χ1) is 11.5. The van der Waals surface area contributed by atoms with Gasteiger partial charge in [0, 0.05) is 0 Å². The summed E-state index contributed by atoms with van der Waals surface area (Å²) in [6.07, 6.45) is 0. The largest absolute Gasteiger partial charge is 0.319 e. The number of anilines is 1. The number of carbonyl (C=O) groups is 1. The molecule has 0 aliphatic heterocycles. The third-order valence-electron chi connectivity index (χ3n) is 3.72. The molecule has 0 saturated heterocycles. The Morgan fingerprint density at radius 2 is 1.62 bits per heavy atom. The quantitative estimate of drug-likeness (QED) is 0.711. The Morgan fingerprint density at radius 1 is 1.00 bits per heavy atom. The summed E-state index contributed by atoms with van der Waals surface area (Å²) in [6.45, 7) is 3.66. The number of rotatable bonds is 3. The second-order valence-corrected chi connectivity index (χ2v) is 6.16. The second-order valence-electron chi connectivity index (χ2n) is 5.34. The maximum absolute atomic E-state index is 12.7. The average molecular weight is 360 g/mol. The smallest absolute Gasteiger partial charge is 0.259 e. The van der Waals surface area contributed by atoms with E-state index in [-0.39, 0.29) is 5.91 Å². The number of halogens is 2. The molecule has 0 aliphatic carbocycles. The molecule has 3 rings (SSSR count). The number of aryl methyl sites for hydroxylation is 1. The summed E-state index contributed by atoms with van der Waals surface area (Å²) >= 11 is 12.2. The van der Waals surface area contributed by atoms with Gasteiger partial charge in [0.15, 0.2) is 0 Å². The second kappa shape index (κ2) is 6.67. The zero-order valence-corrected chi connectivity index (χ0v) is 14.7. The molecule has 24 heavy (non-hydrogen) atoms. The van der Waals surface area contributed by atoms with Gasteiger partial charge in [-0.05, 0) is 38.1 Å². The summed E-state index contributed by atoms with van der Waals surface area (Å²) in [5.41, 5.74) is 3.19. The van der Waals surface area contributed by atoms with Gasteiger partial charge in [-0.3, -0.25) is 4.79 Å². The maximum atomic E-state index is 12.7. The van der Waals surface area contributed by atoms with E-state index in [9.17, 15) is 4.79 Å². The molecule has 1 aromatic heterocycles. The number of hydrogen-bond donors (Lipinski definition) is 1. The number of carbonyl (C=O) groups excluding carboxylic acids is 1. The number of para-hydroxylation sites is 2. The molecule has 0 aliphatic rings. The molecular formula is C18H15Cl2N3O.